The third-order valence-corrected chi connectivity index (χ3v) is 5.77. The summed E-state index contributed by atoms with van der Waals surface area (Å²) in [5, 5.41) is 14.3. The lowest BCUT2D eigenvalue weighted by molar-refractivity contribution is -0.136. The van der Waals surface area contributed by atoms with E-state index in [0.717, 1.165) is 15.0 Å². The molecule has 0 bridgehead atoms. The normalized spacial score (nSPS) is 18.7. The van der Waals surface area contributed by atoms with Crippen molar-refractivity contribution in [2.45, 2.75) is 18.9 Å². The molecule has 23 heavy (non-hydrogen) atoms. The molecule has 1 aliphatic rings. The maximum atomic E-state index is 12.5. The first kappa shape index (κ1) is 16.4. The van der Waals surface area contributed by atoms with Gasteiger partial charge in [0.25, 0.3) is 0 Å². The maximum Gasteiger partial charge on any atom is 0.227 e. The van der Waals surface area contributed by atoms with Crippen LogP contribution in [0.15, 0.2) is 30.3 Å². The van der Waals surface area contributed by atoms with E-state index in [1.807, 2.05) is 30.3 Å². The number of amides is 1. The highest BCUT2D eigenvalue weighted by Gasteiger charge is 2.38. The van der Waals surface area contributed by atoms with Gasteiger partial charge in [0.15, 0.2) is 0 Å². The lowest BCUT2D eigenvalue weighted by atomic mass is 9.79. The van der Waals surface area contributed by atoms with Crippen LogP contribution in [0.3, 0.4) is 0 Å². The number of aliphatic hydroxyl groups excluding tert-OH is 1. The average Bonchev–Trinajstić information content (AvgIpc) is 3.04. The van der Waals surface area contributed by atoms with Gasteiger partial charge in [0.1, 0.15) is 6.10 Å². The highest BCUT2D eigenvalue weighted by Crippen LogP contribution is 2.31. The number of nitrogens with two attached hydrogens (primary N) is 1. The minimum Gasteiger partial charge on any atom is -0.386 e. The molecule has 124 valence electrons. The van der Waals surface area contributed by atoms with E-state index < -0.39 is 11.5 Å². The predicted molar refractivity (Wildman–Crippen MR) is 91.3 cm³/mol. The quantitative estimate of drug-likeness (QED) is 0.778. The molecule has 1 amide bonds. The number of thiophene rings is 1. The summed E-state index contributed by atoms with van der Waals surface area (Å²) in [5.41, 5.74) is 5.27. The van der Waals surface area contributed by atoms with Gasteiger partial charge in [-0.3, -0.25) is 4.79 Å². The van der Waals surface area contributed by atoms with Crippen LogP contribution in [-0.4, -0.2) is 37.3 Å². The lowest BCUT2D eigenvalue weighted by Crippen LogP contribution is -2.49. The van der Waals surface area contributed by atoms with E-state index >= 15 is 0 Å². The Bertz CT molecular complexity index is 646. The molecule has 1 aliphatic heterocycles. The number of benzene rings is 1. The number of fused-ring (bicyclic) bond motifs is 1. The van der Waals surface area contributed by atoms with E-state index in [9.17, 15) is 9.90 Å². The molecule has 2 heterocycles. The summed E-state index contributed by atoms with van der Waals surface area (Å²) in [4.78, 5) is 13.4. The van der Waals surface area contributed by atoms with Gasteiger partial charge in [-0.2, -0.15) is 0 Å². The van der Waals surface area contributed by atoms with E-state index in [1.165, 1.54) is 0 Å². The summed E-state index contributed by atoms with van der Waals surface area (Å²) in [6.45, 7) is 1.63. The molecule has 1 atom stereocenters. The van der Waals surface area contributed by atoms with E-state index in [-0.39, 0.29) is 12.5 Å². The number of hydrogen-bond donors (Lipinski definition) is 3. The summed E-state index contributed by atoms with van der Waals surface area (Å²) in [5.74, 6) is -0.0801. The Hall–Kier alpha value is -1.47. The van der Waals surface area contributed by atoms with Crippen LogP contribution in [0.1, 0.15) is 23.8 Å². The Morgan fingerprint density at radius 3 is 2.83 bits per heavy atom. The van der Waals surface area contributed by atoms with Crippen molar-refractivity contribution in [3.63, 3.8) is 0 Å². The highest BCUT2D eigenvalue weighted by molar-refractivity contribution is 7.19. The first-order valence-corrected chi connectivity index (χ1v) is 8.69. The number of nitrogens with one attached hydrogen (secondary N) is 1. The standard InChI is InChI=1S/C17H22N2O3S/c18-11-17(5-7-22-8-6-17)16(21)19-10-13(20)15-9-12-3-1-2-4-14(12)23-15/h1-4,9,13,20H,5-8,10-11,18H2,(H,19,21). The second kappa shape index (κ2) is 6.97. The van der Waals surface area contributed by atoms with Crippen LogP contribution in [0, 0.1) is 5.41 Å². The lowest BCUT2D eigenvalue weighted by Gasteiger charge is -2.34. The molecular formula is C17H22N2O3S. The number of carbonyl (C=O) groups is 1. The van der Waals surface area contributed by atoms with Crippen molar-refractivity contribution in [3.05, 3.63) is 35.2 Å². The first-order valence-electron chi connectivity index (χ1n) is 7.87. The van der Waals surface area contributed by atoms with Crippen molar-refractivity contribution in [3.8, 4) is 0 Å². The molecule has 1 unspecified atom stereocenters. The molecule has 4 N–H and O–H groups in total. The van der Waals surface area contributed by atoms with E-state index in [4.69, 9.17) is 10.5 Å². The van der Waals surface area contributed by atoms with E-state index in [2.05, 4.69) is 5.32 Å². The van der Waals surface area contributed by atoms with E-state index in [1.54, 1.807) is 11.3 Å². The molecule has 0 radical (unpaired) electrons. The van der Waals surface area contributed by atoms with Gasteiger partial charge in [-0.1, -0.05) is 18.2 Å². The number of aliphatic hydroxyl groups is 1. The highest BCUT2D eigenvalue weighted by atomic mass is 32.1. The van der Waals surface area contributed by atoms with Gasteiger partial charge in [-0.25, -0.2) is 0 Å². The zero-order chi connectivity index (χ0) is 16.3. The number of hydrogen-bond acceptors (Lipinski definition) is 5. The Morgan fingerprint density at radius 1 is 1.39 bits per heavy atom. The minimum atomic E-state index is -0.703. The second-order valence-corrected chi connectivity index (χ2v) is 7.12. The number of ether oxygens (including phenoxy) is 1. The van der Waals surface area contributed by atoms with Crippen LogP contribution in [0.5, 0.6) is 0 Å². The van der Waals surface area contributed by atoms with Crippen LogP contribution in [0.25, 0.3) is 10.1 Å². The molecule has 5 nitrogen and oxygen atoms in total. The third-order valence-electron chi connectivity index (χ3n) is 4.55. The smallest absolute Gasteiger partial charge is 0.227 e. The summed E-state index contributed by atoms with van der Waals surface area (Å²) >= 11 is 1.55. The van der Waals surface area contributed by atoms with Crippen LogP contribution in [-0.2, 0) is 9.53 Å². The Labute approximate surface area is 139 Å². The Balaban J connectivity index is 1.63. The second-order valence-electron chi connectivity index (χ2n) is 6.01. The van der Waals surface area contributed by atoms with Gasteiger partial charge >= 0.3 is 0 Å². The van der Waals surface area contributed by atoms with Gasteiger partial charge in [0.2, 0.25) is 5.91 Å². The van der Waals surface area contributed by atoms with Crippen LogP contribution < -0.4 is 11.1 Å². The van der Waals surface area contributed by atoms with Gasteiger partial charge in [-0.05, 0) is 30.4 Å². The van der Waals surface area contributed by atoms with Crippen molar-refractivity contribution >= 4 is 27.3 Å². The van der Waals surface area contributed by atoms with E-state index in [0.29, 0.717) is 32.6 Å². The largest absolute Gasteiger partial charge is 0.386 e. The van der Waals surface area contributed by atoms with Crippen molar-refractivity contribution in [2.75, 3.05) is 26.3 Å². The maximum absolute atomic E-state index is 12.5. The molecule has 1 saturated heterocycles. The Kier molecular flexibility index (Phi) is 4.96. The third kappa shape index (κ3) is 3.40. The van der Waals surface area contributed by atoms with Crippen molar-refractivity contribution in [1.29, 1.82) is 0 Å². The molecule has 0 spiro atoms. The Morgan fingerprint density at radius 2 is 2.13 bits per heavy atom. The van der Waals surface area contributed by atoms with Crippen LogP contribution >= 0.6 is 11.3 Å². The fraction of sp³-hybridized carbons (Fsp3) is 0.471. The minimum absolute atomic E-state index is 0.0801. The molecule has 3 rings (SSSR count). The zero-order valence-electron chi connectivity index (χ0n) is 13.0. The predicted octanol–water partition coefficient (Wildman–Crippen LogP) is 1.81. The monoisotopic (exact) mass is 334 g/mol. The van der Waals surface area contributed by atoms with Crippen molar-refractivity contribution in [1.82, 2.24) is 5.32 Å². The van der Waals surface area contributed by atoms with Gasteiger partial charge in [0, 0.05) is 35.9 Å². The summed E-state index contributed by atoms with van der Waals surface area (Å²) < 4.78 is 6.46. The molecule has 6 heteroatoms. The fourth-order valence-corrected chi connectivity index (χ4v) is 3.98. The topological polar surface area (TPSA) is 84.6 Å². The van der Waals surface area contributed by atoms with Gasteiger partial charge in [-0.15, -0.1) is 11.3 Å². The fourth-order valence-electron chi connectivity index (χ4n) is 2.93. The number of rotatable bonds is 5. The summed E-state index contributed by atoms with van der Waals surface area (Å²) in [7, 11) is 0. The van der Waals surface area contributed by atoms with Gasteiger partial charge < -0.3 is 20.9 Å². The SMILES string of the molecule is NCC1(C(=O)NCC(O)c2cc3ccccc3s2)CCOCC1. The van der Waals surface area contributed by atoms with Gasteiger partial charge in [0.05, 0.1) is 5.41 Å². The summed E-state index contributed by atoms with van der Waals surface area (Å²) in [6.07, 6.45) is 0.564. The first-order chi connectivity index (χ1) is 11.1. The molecule has 0 saturated carbocycles. The molecule has 1 aromatic carbocycles. The molecule has 0 aliphatic carbocycles. The van der Waals surface area contributed by atoms with Crippen molar-refractivity contribution < 1.29 is 14.6 Å². The van der Waals surface area contributed by atoms with Crippen LogP contribution in [0.4, 0.5) is 0 Å². The average molecular weight is 334 g/mol. The molecular weight excluding hydrogens is 312 g/mol. The van der Waals surface area contributed by atoms with Crippen LogP contribution in [0.2, 0.25) is 0 Å². The molecule has 2 aromatic rings. The molecule has 1 aromatic heterocycles. The van der Waals surface area contributed by atoms with Crippen molar-refractivity contribution in [2.24, 2.45) is 11.1 Å². The summed E-state index contributed by atoms with van der Waals surface area (Å²) in [6, 6.07) is 9.98. The molecule has 1 fully saturated rings. The zero-order valence-corrected chi connectivity index (χ0v) is 13.8. The number of carbonyl (C=O) groups excluding carboxylic acids is 1.